The molecule has 5 aromatic rings. The number of aryl methyl sites for hydroxylation is 1. The first kappa shape index (κ1) is 22.2. The Morgan fingerprint density at radius 2 is 0.944 bits per heavy atom. The first-order chi connectivity index (χ1) is 17.3. The number of hydrogen-bond acceptors (Lipinski definition) is 3. The van der Waals surface area contributed by atoms with Crippen molar-refractivity contribution >= 4 is 0 Å². The molecule has 4 aromatic carbocycles. The topological polar surface area (TPSA) is 38.7 Å². The van der Waals surface area contributed by atoms with E-state index >= 15 is 0 Å². The molecule has 0 radical (unpaired) electrons. The van der Waals surface area contributed by atoms with Crippen molar-refractivity contribution in [2.75, 3.05) is 0 Å². The van der Waals surface area contributed by atoms with Gasteiger partial charge >= 0.3 is 0 Å². The lowest BCUT2D eigenvalue weighted by Crippen LogP contribution is -2.15. The Kier molecular flexibility index (Phi) is 5.04. The highest BCUT2D eigenvalue weighted by molar-refractivity contribution is 5.83. The van der Waals surface area contributed by atoms with Gasteiger partial charge in [-0.15, -0.1) is 0 Å². The van der Waals surface area contributed by atoms with Gasteiger partial charge in [0.2, 0.25) is 0 Å². The standard InChI is InChI=1S/C31H23F2N3/c1-18-4-14-24-25-15-9-21(17-27(25)31(2,3)26(24)16-18)30-35-28(19-5-10-22(32)11-6-19)34-29(36-30)20-7-12-23(33)13-8-20/h4-17H,1-3H3. The molecule has 1 aromatic heterocycles. The van der Waals surface area contributed by atoms with Crippen LogP contribution < -0.4 is 0 Å². The molecule has 0 aliphatic heterocycles. The van der Waals surface area contributed by atoms with Crippen LogP contribution in [0.1, 0.15) is 30.5 Å². The lowest BCUT2D eigenvalue weighted by molar-refractivity contribution is 0.627. The summed E-state index contributed by atoms with van der Waals surface area (Å²) in [6.07, 6.45) is 0. The minimum absolute atomic E-state index is 0.167. The van der Waals surface area contributed by atoms with Crippen molar-refractivity contribution in [2.24, 2.45) is 0 Å². The highest BCUT2D eigenvalue weighted by atomic mass is 19.1. The van der Waals surface area contributed by atoms with E-state index in [0.717, 1.165) is 5.56 Å². The van der Waals surface area contributed by atoms with Gasteiger partial charge in [-0.05, 0) is 83.8 Å². The quantitative estimate of drug-likeness (QED) is 0.268. The number of nitrogens with zero attached hydrogens (tertiary/aromatic N) is 3. The Bertz CT molecular complexity index is 1560. The van der Waals surface area contributed by atoms with Gasteiger partial charge in [-0.25, -0.2) is 23.7 Å². The van der Waals surface area contributed by atoms with Crippen molar-refractivity contribution in [3.8, 4) is 45.3 Å². The van der Waals surface area contributed by atoms with Crippen molar-refractivity contribution in [2.45, 2.75) is 26.2 Å². The van der Waals surface area contributed by atoms with Gasteiger partial charge in [0.25, 0.3) is 0 Å². The molecule has 1 aliphatic carbocycles. The molecule has 0 bridgehead atoms. The monoisotopic (exact) mass is 475 g/mol. The van der Waals surface area contributed by atoms with Crippen LogP contribution in [-0.2, 0) is 5.41 Å². The van der Waals surface area contributed by atoms with Gasteiger partial charge in [0, 0.05) is 22.1 Å². The number of aromatic nitrogens is 3. The molecule has 176 valence electrons. The van der Waals surface area contributed by atoms with E-state index in [0.29, 0.717) is 28.6 Å². The third-order valence-corrected chi connectivity index (χ3v) is 6.93. The molecule has 0 saturated carbocycles. The Morgan fingerprint density at radius 3 is 1.47 bits per heavy atom. The number of rotatable bonds is 3. The van der Waals surface area contributed by atoms with Crippen LogP contribution >= 0.6 is 0 Å². The molecule has 0 amide bonds. The number of benzene rings is 4. The molecule has 0 N–H and O–H groups in total. The van der Waals surface area contributed by atoms with E-state index in [2.05, 4.69) is 56.1 Å². The summed E-state index contributed by atoms with van der Waals surface area (Å²) >= 11 is 0. The average Bonchev–Trinajstić information content (AvgIpc) is 3.10. The fourth-order valence-electron chi connectivity index (χ4n) is 4.95. The molecule has 0 atom stereocenters. The number of halogens is 2. The zero-order chi connectivity index (χ0) is 25.0. The summed E-state index contributed by atoms with van der Waals surface area (Å²) in [6, 6.07) is 25.0. The van der Waals surface area contributed by atoms with E-state index in [1.54, 1.807) is 24.3 Å². The average molecular weight is 476 g/mol. The van der Waals surface area contributed by atoms with Crippen LogP contribution in [-0.4, -0.2) is 15.0 Å². The highest BCUT2D eigenvalue weighted by Crippen LogP contribution is 2.49. The summed E-state index contributed by atoms with van der Waals surface area (Å²) in [6.45, 7) is 6.59. The van der Waals surface area contributed by atoms with Crippen LogP contribution in [0.4, 0.5) is 8.78 Å². The summed E-state index contributed by atoms with van der Waals surface area (Å²) in [7, 11) is 0. The van der Waals surface area contributed by atoms with Crippen LogP contribution in [0.2, 0.25) is 0 Å². The van der Waals surface area contributed by atoms with Crippen molar-refractivity contribution in [1.29, 1.82) is 0 Å². The Hall–Kier alpha value is -4.25. The van der Waals surface area contributed by atoms with E-state index < -0.39 is 0 Å². The number of fused-ring (bicyclic) bond motifs is 3. The first-order valence-corrected chi connectivity index (χ1v) is 11.8. The maximum Gasteiger partial charge on any atom is 0.164 e. The second-order valence-corrected chi connectivity index (χ2v) is 9.75. The van der Waals surface area contributed by atoms with Crippen molar-refractivity contribution in [1.82, 2.24) is 15.0 Å². The fourth-order valence-corrected chi connectivity index (χ4v) is 4.95. The van der Waals surface area contributed by atoms with Crippen molar-refractivity contribution < 1.29 is 8.78 Å². The van der Waals surface area contributed by atoms with Gasteiger partial charge in [0.1, 0.15) is 11.6 Å². The molecule has 36 heavy (non-hydrogen) atoms. The molecule has 0 unspecified atom stereocenters. The van der Waals surface area contributed by atoms with E-state index in [-0.39, 0.29) is 17.0 Å². The predicted molar refractivity (Wildman–Crippen MR) is 138 cm³/mol. The summed E-state index contributed by atoms with van der Waals surface area (Å²) in [5, 5.41) is 0. The molecular weight excluding hydrogens is 452 g/mol. The largest absolute Gasteiger partial charge is 0.208 e. The third kappa shape index (κ3) is 3.68. The summed E-state index contributed by atoms with van der Waals surface area (Å²) < 4.78 is 27.2. The minimum Gasteiger partial charge on any atom is -0.208 e. The second kappa shape index (κ2) is 8.16. The van der Waals surface area contributed by atoms with Crippen molar-refractivity contribution in [3.05, 3.63) is 113 Å². The fraction of sp³-hybridized carbons (Fsp3) is 0.129. The van der Waals surface area contributed by atoms with Gasteiger partial charge in [-0.3, -0.25) is 0 Å². The molecule has 5 heteroatoms. The molecule has 0 saturated heterocycles. The molecule has 1 aliphatic rings. The maximum atomic E-state index is 13.6. The lowest BCUT2D eigenvalue weighted by Gasteiger charge is -2.22. The molecule has 1 heterocycles. The van der Waals surface area contributed by atoms with E-state index in [9.17, 15) is 8.78 Å². The Labute approximate surface area is 208 Å². The van der Waals surface area contributed by atoms with Crippen molar-refractivity contribution in [3.63, 3.8) is 0 Å². The number of hydrogen-bond donors (Lipinski definition) is 0. The van der Waals surface area contributed by atoms with Crippen LogP contribution in [0.15, 0.2) is 84.9 Å². The normalized spacial score (nSPS) is 13.4. The molecule has 0 fully saturated rings. The van der Waals surface area contributed by atoms with Crippen LogP contribution in [0.3, 0.4) is 0 Å². The van der Waals surface area contributed by atoms with Crippen LogP contribution in [0, 0.1) is 18.6 Å². The summed E-state index contributed by atoms with van der Waals surface area (Å²) in [5.41, 5.74) is 8.27. The minimum atomic E-state index is -0.331. The van der Waals surface area contributed by atoms with E-state index in [4.69, 9.17) is 9.97 Å². The SMILES string of the molecule is Cc1ccc2c(c1)C(C)(C)c1cc(-c3nc(-c4ccc(F)cc4)nc(-c4ccc(F)cc4)n3)ccc1-2. The van der Waals surface area contributed by atoms with Gasteiger partial charge in [0.15, 0.2) is 17.5 Å². The van der Waals surface area contributed by atoms with Gasteiger partial charge in [-0.2, -0.15) is 0 Å². The molecular formula is C31H23F2N3. The maximum absolute atomic E-state index is 13.6. The smallest absolute Gasteiger partial charge is 0.164 e. The molecule has 0 spiro atoms. The second-order valence-electron chi connectivity index (χ2n) is 9.75. The first-order valence-electron chi connectivity index (χ1n) is 11.8. The van der Waals surface area contributed by atoms with Gasteiger partial charge in [0.05, 0.1) is 0 Å². The molecule has 3 nitrogen and oxygen atoms in total. The lowest BCUT2D eigenvalue weighted by atomic mass is 9.81. The predicted octanol–water partition coefficient (Wildman–Crippen LogP) is 7.77. The van der Waals surface area contributed by atoms with Gasteiger partial charge in [-0.1, -0.05) is 49.7 Å². The van der Waals surface area contributed by atoms with Crippen LogP contribution in [0.25, 0.3) is 45.3 Å². The summed E-state index contributed by atoms with van der Waals surface area (Å²) in [4.78, 5) is 14.2. The Morgan fingerprint density at radius 1 is 0.528 bits per heavy atom. The summed E-state index contributed by atoms with van der Waals surface area (Å²) in [5.74, 6) is 0.704. The Balaban J connectivity index is 1.52. The van der Waals surface area contributed by atoms with Gasteiger partial charge < -0.3 is 0 Å². The van der Waals surface area contributed by atoms with E-state index in [1.807, 2.05) is 6.07 Å². The zero-order valence-corrected chi connectivity index (χ0v) is 20.2. The third-order valence-electron chi connectivity index (χ3n) is 6.93. The molecule has 6 rings (SSSR count). The van der Waals surface area contributed by atoms with Crippen LogP contribution in [0.5, 0.6) is 0 Å². The van der Waals surface area contributed by atoms with E-state index in [1.165, 1.54) is 52.1 Å². The zero-order valence-electron chi connectivity index (χ0n) is 20.2. The highest BCUT2D eigenvalue weighted by Gasteiger charge is 2.35.